The van der Waals surface area contributed by atoms with E-state index in [9.17, 15) is 0 Å². The van der Waals surface area contributed by atoms with Gasteiger partial charge in [-0.15, -0.1) is 0 Å². The van der Waals surface area contributed by atoms with E-state index in [1.54, 1.807) is 0 Å². The van der Waals surface area contributed by atoms with Gasteiger partial charge in [0.15, 0.2) is 0 Å². The van der Waals surface area contributed by atoms with Gasteiger partial charge in [0.25, 0.3) is 0 Å². The van der Waals surface area contributed by atoms with Crippen LogP contribution in [0.4, 0.5) is 0 Å². The Labute approximate surface area is 74.5 Å². The van der Waals surface area contributed by atoms with Crippen LogP contribution in [-0.4, -0.2) is 19.3 Å². The van der Waals surface area contributed by atoms with E-state index in [0.717, 1.165) is 30.9 Å². The van der Waals surface area contributed by atoms with Crippen molar-refractivity contribution in [2.24, 2.45) is 23.5 Å². The van der Waals surface area contributed by atoms with Crippen molar-refractivity contribution in [3.63, 3.8) is 0 Å². The Bertz CT molecular complexity index is 158. The number of rotatable bonds is 1. The molecule has 1 saturated carbocycles. The first-order chi connectivity index (χ1) is 5.83. The van der Waals surface area contributed by atoms with Crippen molar-refractivity contribution in [3.05, 3.63) is 0 Å². The molecule has 4 atom stereocenters. The summed E-state index contributed by atoms with van der Waals surface area (Å²) in [6, 6.07) is 0. The van der Waals surface area contributed by atoms with Gasteiger partial charge in [0.05, 0.1) is 6.10 Å². The second kappa shape index (κ2) is 3.35. The average Bonchev–Trinajstić information content (AvgIpc) is 2.48. The van der Waals surface area contributed by atoms with Gasteiger partial charge in [-0.05, 0) is 37.1 Å². The van der Waals surface area contributed by atoms with Crippen molar-refractivity contribution in [2.45, 2.75) is 32.3 Å². The normalized spacial score (nSPS) is 47.5. The lowest BCUT2D eigenvalue weighted by atomic mass is 9.73. The topological polar surface area (TPSA) is 35.2 Å². The molecule has 0 aromatic rings. The third-order valence-corrected chi connectivity index (χ3v) is 3.57. The molecule has 0 amide bonds. The quantitative estimate of drug-likeness (QED) is 0.644. The number of fused-ring (bicyclic) bond motifs is 1. The highest BCUT2D eigenvalue weighted by atomic mass is 16.5. The van der Waals surface area contributed by atoms with Crippen molar-refractivity contribution in [3.8, 4) is 0 Å². The summed E-state index contributed by atoms with van der Waals surface area (Å²) in [5, 5.41) is 0. The summed E-state index contributed by atoms with van der Waals surface area (Å²) in [6.45, 7) is 4.12. The molecular formula is C10H19NO. The van der Waals surface area contributed by atoms with E-state index in [1.807, 2.05) is 0 Å². The van der Waals surface area contributed by atoms with Gasteiger partial charge in [0.1, 0.15) is 0 Å². The van der Waals surface area contributed by atoms with E-state index in [2.05, 4.69) is 6.92 Å². The van der Waals surface area contributed by atoms with Crippen molar-refractivity contribution >= 4 is 0 Å². The van der Waals surface area contributed by atoms with Crippen LogP contribution in [0.1, 0.15) is 26.2 Å². The average molecular weight is 169 g/mol. The minimum atomic E-state index is 0.544. The molecule has 2 nitrogen and oxygen atoms in total. The number of hydrogen-bond acceptors (Lipinski definition) is 2. The van der Waals surface area contributed by atoms with Gasteiger partial charge in [0.2, 0.25) is 0 Å². The SMILES string of the molecule is C[C@@H]1CO[C@@H]2CCC[C@@H](CN)[C@H]12. The van der Waals surface area contributed by atoms with Gasteiger partial charge in [-0.25, -0.2) is 0 Å². The fraction of sp³-hybridized carbons (Fsp3) is 1.00. The Morgan fingerprint density at radius 3 is 3.00 bits per heavy atom. The lowest BCUT2D eigenvalue weighted by Crippen LogP contribution is -2.36. The Hall–Kier alpha value is -0.0800. The highest BCUT2D eigenvalue weighted by Gasteiger charge is 2.41. The maximum absolute atomic E-state index is 5.77. The lowest BCUT2D eigenvalue weighted by Gasteiger charge is -2.33. The predicted octanol–water partition coefficient (Wildman–Crippen LogP) is 1.40. The fourth-order valence-corrected chi connectivity index (χ4v) is 2.96. The van der Waals surface area contributed by atoms with Crippen LogP contribution in [0.2, 0.25) is 0 Å². The van der Waals surface area contributed by atoms with E-state index in [1.165, 1.54) is 19.3 Å². The van der Waals surface area contributed by atoms with Crippen molar-refractivity contribution in [1.82, 2.24) is 0 Å². The first kappa shape index (κ1) is 8.52. The van der Waals surface area contributed by atoms with Gasteiger partial charge in [-0.1, -0.05) is 13.3 Å². The molecule has 0 aromatic heterocycles. The molecule has 0 spiro atoms. The molecule has 1 saturated heterocycles. The number of hydrogen-bond donors (Lipinski definition) is 1. The first-order valence-electron chi connectivity index (χ1n) is 5.14. The van der Waals surface area contributed by atoms with Crippen LogP contribution < -0.4 is 5.73 Å². The van der Waals surface area contributed by atoms with Gasteiger partial charge in [-0.2, -0.15) is 0 Å². The molecule has 1 aliphatic heterocycles. The van der Waals surface area contributed by atoms with E-state index < -0.39 is 0 Å². The zero-order valence-corrected chi connectivity index (χ0v) is 7.83. The molecule has 0 radical (unpaired) electrons. The van der Waals surface area contributed by atoms with Crippen LogP contribution in [0.5, 0.6) is 0 Å². The van der Waals surface area contributed by atoms with Crippen LogP contribution in [-0.2, 0) is 4.74 Å². The van der Waals surface area contributed by atoms with Crippen molar-refractivity contribution in [1.29, 1.82) is 0 Å². The Balaban J connectivity index is 2.07. The Morgan fingerprint density at radius 1 is 1.42 bits per heavy atom. The van der Waals surface area contributed by atoms with Crippen molar-refractivity contribution < 1.29 is 4.74 Å². The molecule has 70 valence electrons. The lowest BCUT2D eigenvalue weighted by molar-refractivity contribution is 0.0451. The Morgan fingerprint density at radius 2 is 2.25 bits per heavy atom. The third kappa shape index (κ3) is 1.27. The zero-order valence-electron chi connectivity index (χ0n) is 7.83. The minimum Gasteiger partial charge on any atom is -0.378 e. The third-order valence-electron chi connectivity index (χ3n) is 3.57. The highest BCUT2D eigenvalue weighted by Crippen LogP contribution is 2.41. The summed E-state index contributed by atoms with van der Waals surface area (Å²) in [5.41, 5.74) is 5.77. The smallest absolute Gasteiger partial charge is 0.0609 e. The van der Waals surface area contributed by atoms with E-state index in [4.69, 9.17) is 10.5 Å². The minimum absolute atomic E-state index is 0.544. The molecule has 0 unspecified atom stereocenters. The molecule has 1 aliphatic carbocycles. The van der Waals surface area contributed by atoms with Crippen LogP contribution >= 0.6 is 0 Å². The molecular weight excluding hydrogens is 150 g/mol. The maximum Gasteiger partial charge on any atom is 0.0609 e. The zero-order chi connectivity index (χ0) is 8.55. The first-order valence-corrected chi connectivity index (χ1v) is 5.14. The molecule has 0 aromatic carbocycles. The predicted molar refractivity (Wildman–Crippen MR) is 48.8 cm³/mol. The highest BCUT2D eigenvalue weighted by molar-refractivity contribution is 4.90. The summed E-state index contributed by atoms with van der Waals surface area (Å²) >= 11 is 0. The fourth-order valence-electron chi connectivity index (χ4n) is 2.96. The summed E-state index contributed by atoms with van der Waals surface area (Å²) in [6.07, 6.45) is 4.45. The van der Waals surface area contributed by atoms with Gasteiger partial charge in [-0.3, -0.25) is 0 Å². The molecule has 2 fully saturated rings. The second-order valence-corrected chi connectivity index (χ2v) is 4.35. The standard InChI is InChI=1S/C10H19NO/c1-7-6-12-9-4-2-3-8(5-11)10(7)9/h7-10H,2-6,11H2,1H3/t7-,8+,9-,10+/m1/s1. The van der Waals surface area contributed by atoms with Crippen LogP contribution in [0.25, 0.3) is 0 Å². The Kier molecular flexibility index (Phi) is 2.37. The summed E-state index contributed by atoms with van der Waals surface area (Å²) < 4.78 is 5.75. The van der Waals surface area contributed by atoms with Gasteiger partial charge < -0.3 is 10.5 Å². The van der Waals surface area contributed by atoms with Crippen LogP contribution in [0, 0.1) is 17.8 Å². The maximum atomic E-state index is 5.77. The molecule has 2 heteroatoms. The molecule has 2 aliphatic rings. The monoisotopic (exact) mass is 169 g/mol. The van der Waals surface area contributed by atoms with E-state index >= 15 is 0 Å². The van der Waals surface area contributed by atoms with E-state index in [-0.39, 0.29) is 0 Å². The molecule has 2 rings (SSSR count). The number of ether oxygens (including phenoxy) is 1. The molecule has 12 heavy (non-hydrogen) atoms. The van der Waals surface area contributed by atoms with E-state index in [0.29, 0.717) is 6.10 Å². The number of nitrogens with two attached hydrogens (primary N) is 1. The van der Waals surface area contributed by atoms with Crippen molar-refractivity contribution in [2.75, 3.05) is 13.2 Å². The largest absolute Gasteiger partial charge is 0.378 e. The molecule has 2 N–H and O–H groups in total. The molecule has 0 bridgehead atoms. The van der Waals surface area contributed by atoms with Crippen LogP contribution in [0.15, 0.2) is 0 Å². The summed E-state index contributed by atoms with van der Waals surface area (Å²) in [5.74, 6) is 2.24. The second-order valence-electron chi connectivity index (χ2n) is 4.35. The molecule has 1 heterocycles. The van der Waals surface area contributed by atoms with Crippen LogP contribution in [0.3, 0.4) is 0 Å². The van der Waals surface area contributed by atoms with Gasteiger partial charge >= 0.3 is 0 Å². The van der Waals surface area contributed by atoms with Gasteiger partial charge in [0, 0.05) is 6.61 Å². The summed E-state index contributed by atoms with van der Waals surface area (Å²) in [4.78, 5) is 0. The summed E-state index contributed by atoms with van der Waals surface area (Å²) in [7, 11) is 0.